The number of hydrogen-bond donors (Lipinski definition) is 1. The number of ether oxygens (including phenoxy) is 2. The lowest BCUT2D eigenvalue weighted by Gasteiger charge is -2.31. The Labute approximate surface area is 203 Å². The maximum Gasteiger partial charge on any atom is 0.490 e. The summed E-state index contributed by atoms with van der Waals surface area (Å²) >= 11 is 0. The van der Waals surface area contributed by atoms with Crippen molar-refractivity contribution in [2.75, 3.05) is 71.1 Å². The van der Waals surface area contributed by atoms with E-state index in [9.17, 15) is 22.8 Å². The second-order valence-corrected chi connectivity index (χ2v) is 8.57. The van der Waals surface area contributed by atoms with Gasteiger partial charge in [0.2, 0.25) is 5.67 Å². The van der Waals surface area contributed by atoms with E-state index in [-0.39, 0.29) is 19.7 Å². The summed E-state index contributed by atoms with van der Waals surface area (Å²) in [5, 5.41) is 7.12. The number of rotatable bonds is 5. The van der Waals surface area contributed by atoms with Crippen molar-refractivity contribution in [2.24, 2.45) is 0 Å². The Hall–Kier alpha value is -3.00. The number of halogens is 5. The number of methoxy groups -OCH3 is 1. The number of morpholine rings is 1. The first kappa shape index (κ1) is 27.6. The molecule has 1 N–H and O–H groups in total. The molecule has 200 valence electrons. The zero-order chi connectivity index (χ0) is 26.7. The van der Waals surface area contributed by atoms with E-state index in [2.05, 4.69) is 0 Å². The number of hydrogen-bond acceptors (Lipinski definition) is 6. The van der Waals surface area contributed by atoms with E-state index in [0.29, 0.717) is 37.6 Å². The van der Waals surface area contributed by atoms with Crippen molar-refractivity contribution in [3.05, 3.63) is 29.8 Å². The molecule has 3 aliphatic rings. The molecule has 1 aromatic carbocycles. The van der Waals surface area contributed by atoms with Crippen LogP contribution in [0.2, 0.25) is 0 Å². The summed E-state index contributed by atoms with van der Waals surface area (Å²) in [5.41, 5.74) is -4.04. The fourth-order valence-corrected chi connectivity index (χ4v) is 4.38. The average Bonchev–Trinajstić information content (AvgIpc) is 3.21. The van der Waals surface area contributed by atoms with Crippen LogP contribution < -0.4 is 4.90 Å². The minimum Gasteiger partial charge on any atom is -0.475 e. The maximum absolute atomic E-state index is 15.5. The van der Waals surface area contributed by atoms with Gasteiger partial charge in [0.1, 0.15) is 0 Å². The molecule has 3 aliphatic heterocycles. The zero-order valence-corrected chi connectivity index (χ0v) is 19.4. The van der Waals surface area contributed by atoms with Gasteiger partial charge in [0.25, 0.3) is 11.8 Å². The van der Waals surface area contributed by atoms with Gasteiger partial charge in [-0.1, -0.05) is 12.1 Å². The van der Waals surface area contributed by atoms with Gasteiger partial charge in [0.15, 0.2) is 5.67 Å². The number of benzene rings is 1. The molecule has 0 bridgehead atoms. The van der Waals surface area contributed by atoms with Crippen LogP contribution in [0.15, 0.2) is 24.3 Å². The van der Waals surface area contributed by atoms with Gasteiger partial charge in [-0.05, 0) is 12.1 Å². The summed E-state index contributed by atoms with van der Waals surface area (Å²) in [5.74, 6) is -4.13. The predicted molar refractivity (Wildman–Crippen MR) is 115 cm³/mol. The van der Waals surface area contributed by atoms with Crippen LogP contribution in [-0.4, -0.2) is 116 Å². The summed E-state index contributed by atoms with van der Waals surface area (Å²) in [6, 6.07) is 7.03. The van der Waals surface area contributed by atoms with Crippen LogP contribution in [0.5, 0.6) is 0 Å². The number of nitrogens with zero attached hydrogens (tertiary/aromatic N) is 3. The van der Waals surface area contributed by atoms with E-state index >= 15 is 8.78 Å². The topological polar surface area (TPSA) is 99.6 Å². The average molecular weight is 523 g/mol. The lowest BCUT2D eigenvalue weighted by Crippen LogP contribution is -2.47. The predicted octanol–water partition coefficient (Wildman–Crippen LogP) is 1.52. The zero-order valence-electron chi connectivity index (χ0n) is 19.4. The number of anilines is 1. The summed E-state index contributed by atoms with van der Waals surface area (Å²) in [6.45, 7) is 1.30. The first-order valence-corrected chi connectivity index (χ1v) is 11.0. The molecule has 14 heteroatoms. The minimum absolute atomic E-state index is 0.125. The van der Waals surface area contributed by atoms with E-state index in [1.54, 1.807) is 12.1 Å². The van der Waals surface area contributed by atoms with Crippen LogP contribution in [0.25, 0.3) is 0 Å². The monoisotopic (exact) mass is 523 g/mol. The second-order valence-electron chi connectivity index (χ2n) is 8.57. The van der Waals surface area contributed by atoms with E-state index in [0.717, 1.165) is 9.80 Å². The Bertz CT molecular complexity index is 989. The number of carboxylic acid groups (broad SMARTS) is 1. The van der Waals surface area contributed by atoms with Crippen molar-refractivity contribution in [1.82, 2.24) is 9.80 Å². The van der Waals surface area contributed by atoms with Gasteiger partial charge in [-0.25, -0.2) is 13.6 Å². The molecule has 0 spiro atoms. The van der Waals surface area contributed by atoms with Gasteiger partial charge >= 0.3 is 12.1 Å². The highest BCUT2D eigenvalue weighted by molar-refractivity contribution is 6.01. The van der Waals surface area contributed by atoms with E-state index in [1.165, 1.54) is 7.11 Å². The molecule has 0 unspecified atom stereocenters. The van der Waals surface area contributed by atoms with Crippen molar-refractivity contribution in [1.29, 1.82) is 0 Å². The van der Waals surface area contributed by atoms with Crippen LogP contribution >= 0.6 is 0 Å². The van der Waals surface area contributed by atoms with Crippen molar-refractivity contribution in [2.45, 2.75) is 17.5 Å². The number of alkyl halides is 5. The molecular formula is C22H26F5N3O6. The third-order valence-corrected chi connectivity index (χ3v) is 6.21. The molecule has 4 rings (SSSR count). The quantitative estimate of drug-likeness (QED) is 0.585. The third kappa shape index (κ3) is 5.38. The first-order valence-electron chi connectivity index (χ1n) is 11.0. The van der Waals surface area contributed by atoms with Crippen LogP contribution in [-0.2, 0) is 19.1 Å². The summed E-state index contributed by atoms with van der Waals surface area (Å²) in [4.78, 5) is 38.9. The minimum atomic E-state index is -5.08. The van der Waals surface area contributed by atoms with Crippen molar-refractivity contribution in [3.63, 3.8) is 0 Å². The number of carbonyl (C=O) groups excluding carboxylic acids is 2. The standard InChI is InChI=1S/C20H25F2N3O4.C2HF3O2/c1-28-9-6-24-12-19(21)13-25(14-20(19,22)18(24)27)17(26)15-4-2-3-5-16(15)23-7-10-29-11-8-23;3-2(4,5)1(6)7/h2-5H,6-14H2,1H3;(H,6,7)/t19-,20-;/m1./s1. The molecule has 9 nitrogen and oxygen atoms in total. The van der Waals surface area contributed by atoms with Crippen molar-refractivity contribution >= 4 is 23.5 Å². The van der Waals surface area contributed by atoms with E-state index in [1.807, 2.05) is 17.0 Å². The number of aliphatic carboxylic acids is 1. The van der Waals surface area contributed by atoms with E-state index < -0.39 is 48.4 Å². The fraction of sp³-hybridized carbons (Fsp3) is 0.591. The second kappa shape index (κ2) is 10.5. The van der Waals surface area contributed by atoms with Gasteiger partial charge < -0.3 is 29.3 Å². The highest BCUT2D eigenvalue weighted by Gasteiger charge is 2.71. The number of amides is 2. The molecule has 0 aromatic heterocycles. The SMILES string of the molecule is COCCN1C[C@@]2(F)CN(C(=O)c3ccccc3N3CCOCC3)C[C@@]2(F)C1=O.O=C(O)C(F)(F)F. The fourth-order valence-electron chi connectivity index (χ4n) is 4.38. The Morgan fingerprint density at radius 1 is 1.11 bits per heavy atom. The molecule has 0 radical (unpaired) electrons. The summed E-state index contributed by atoms with van der Waals surface area (Å²) < 4.78 is 73.0. The van der Waals surface area contributed by atoms with Gasteiger partial charge in [0, 0.05) is 32.4 Å². The number of carboxylic acids is 1. The van der Waals surface area contributed by atoms with Crippen LogP contribution in [0.4, 0.5) is 27.6 Å². The number of carbonyl (C=O) groups is 3. The normalized spacial score (nSPS) is 25.9. The van der Waals surface area contributed by atoms with Gasteiger partial charge in [0.05, 0.1) is 45.0 Å². The van der Waals surface area contributed by atoms with Crippen LogP contribution in [0.1, 0.15) is 10.4 Å². The van der Waals surface area contributed by atoms with Gasteiger partial charge in [-0.2, -0.15) is 13.2 Å². The largest absolute Gasteiger partial charge is 0.490 e. The molecule has 0 aliphatic carbocycles. The maximum atomic E-state index is 15.5. The molecule has 2 amide bonds. The Morgan fingerprint density at radius 2 is 1.72 bits per heavy atom. The number of likely N-dealkylation sites (tertiary alicyclic amines) is 2. The lowest BCUT2D eigenvalue weighted by atomic mass is 9.93. The van der Waals surface area contributed by atoms with Gasteiger partial charge in [-0.3, -0.25) is 9.59 Å². The molecule has 3 heterocycles. The molecule has 0 saturated carbocycles. The van der Waals surface area contributed by atoms with Crippen LogP contribution in [0.3, 0.4) is 0 Å². The smallest absolute Gasteiger partial charge is 0.475 e. The Morgan fingerprint density at radius 3 is 2.28 bits per heavy atom. The number of para-hydroxylation sites is 1. The molecular weight excluding hydrogens is 497 g/mol. The van der Waals surface area contributed by atoms with Crippen LogP contribution in [0, 0.1) is 0 Å². The van der Waals surface area contributed by atoms with Gasteiger partial charge in [-0.15, -0.1) is 0 Å². The number of fused-ring (bicyclic) bond motifs is 1. The highest BCUT2D eigenvalue weighted by atomic mass is 19.4. The molecule has 36 heavy (non-hydrogen) atoms. The summed E-state index contributed by atoms with van der Waals surface area (Å²) in [6.07, 6.45) is -5.08. The third-order valence-electron chi connectivity index (χ3n) is 6.21. The first-order chi connectivity index (χ1) is 16.8. The van der Waals surface area contributed by atoms with E-state index in [4.69, 9.17) is 19.4 Å². The Balaban J connectivity index is 0.000000454. The molecule has 1 aromatic rings. The molecule has 3 fully saturated rings. The highest BCUT2D eigenvalue weighted by Crippen LogP contribution is 2.46. The van der Waals surface area contributed by atoms with Crippen molar-refractivity contribution < 1.29 is 50.9 Å². The molecule has 3 saturated heterocycles. The molecule has 2 atom stereocenters. The summed E-state index contributed by atoms with van der Waals surface area (Å²) in [7, 11) is 1.46. The lowest BCUT2D eigenvalue weighted by molar-refractivity contribution is -0.192. The van der Waals surface area contributed by atoms with Crippen molar-refractivity contribution in [3.8, 4) is 0 Å². The Kier molecular flexibility index (Phi) is 8.08.